The second-order valence-corrected chi connectivity index (χ2v) is 19.9. The largest absolute Gasteiger partial charge is 2.00 e. The molecule has 0 radical (unpaired) electrons. The van der Waals surface area contributed by atoms with Crippen LogP contribution in [0, 0.1) is 10.6 Å². The van der Waals surface area contributed by atoms with Gasteiger partial charge >= 0.3 is 16.5 Å². The van der Waals surface area contributed by atoms with Crippen LogP contribution < -0.4 is 20.7 Å². The van der Waals surface area contributed by atoms with Gasteiger partial charge in [0.2, 0.25) is 0 Å². The van der Waals surface area contributed by atoms with Crippen molar-refractivity contribution >= 4 is 45.2 Å². The number of aldehydes is 1. The molecule has 0 aliphatic carbocycles. The molecule has 0 saturated heterocycles. The number of rotatable bonds is 4. The predicted octanol–water partition coefficient (Wildman–Crippen LogP) is 11.3. The van der Waals surface area contributed by atoms with Crippen LogP contribution in [0.15, 0.2) is 149 Å². The predicted molar refractivity (Wildman–Crippen MR) is 254 cm³/mol. The summed E-state index contributed by atoms with van der Waals surface area (Å²) >= 11 is 0. The Morgan fingerprint density at radius 1 is 0.508 bits per heavy atom. The summed E-state index contributed by atoms with van der Waals surface area (Å²) in [5, 5.41) is 5.29. The third kappa shape index (κ3) is 7.15. The molecule has 2 aromatic heterocycles. The van der Waals surface area contributed by atoms with E-state index in [0.29, 0.717) is 17.0 Å². The van der Waals surface area contributed by atoms with Crippen molar-refractivity contribution in [2.24, 2.45) is 9.98 Å². The van der Waals surface area contributed by atoms with Crippen molar-refractivity contribution in [3.05, 3.63) is 205 Å². The zero-order valence-electron chi connectivity index (χ0n) is 37.3. The van der Waals surface area contributed by atoms with Crippen LogP contribution in [0.1, 0.15) is 107 Å². The molecular weight excluding hydrogens is 815 g/mol. The van der Waals surface area contributed by atoms with Crippen LogP contribution in [-0.2, 0) is 37.5 Å². The molecule has 5 aromatic carbocycles. The van der Waals surface area contributed by atoms with Crippen molar-refractivity contribution in [1.29, 1.82) is 0 Å². The van der Waals surface area contributed by atoms with E-state index in [4.69, 9.17) is 20.0 Å². The van der Waals surface area contributed by atoms with Gasteiger partial charge in [-0.2, -0.15) is 0 Å². The van der Waals surface area contributed by atoms with Gasteiger partial charge in [0.05, 0.1) is 22.5 Å². The van der Waals surface area contributed by atoms with Gasteiger partial charge in [-0.05, 0) is 101 Å². The zero-order valence-corrected chi connectivity index (χ0v) is 38.3. The number of carbonyl (C=O) groups excluding carboxylic acids is 1. The summed E-state index contributed by atoms with van der Waals surface area (Å²) in [5.41, 5.74) is 14.4. The standard InChI is InChI=1S/C57H51N4O.Ni/c1-55(2,3)36-19-15-34(16-20-36)49-42-25-26-43(58-42)50(35-17-21-37(22-18-35)56(4,5)6)45-29-30-47(60-45)53-41(32-62)52-48(33-13-11-10-12-14-33)40-31-38(57(7,8)9)23-24-39(40)51(54(52)61-53)46-28-27-44(49)59-46;/h10-32H,1-9H3,(H-,58,59,60,61,62);/q-1;+2/p-1. The SMILES string of the molecule is CC(C)(C)c1ccc(C2=C3C=CC(=N3)C(c3ccc(C(C)(C)C)cc3)=c3ccc([n-]3)=c3c4c(c(-c5ccccc5)c5cc(C(C)(C)C)ccc35)C(C=O)=C(N=4)c3ccc2[n-]3)cc1.[Ni+2]. The number of aromatic nitrogens is 2. The Balaban J connectivity index is 0.00000504. The maximum absolute atomic E-state index is 13.7. The van der Waals surface area contributed by atoms with Crippen LogP contribution in [0.5, 0.6) is 0 Å². The number of fused-ring (bicyclic) bond motifs is 9. The van der Waals surface area contributed by atoms with E-state index in [1.807, 2.05) is 18.2 Å². The fourth-order valence-electron chi connectivity index (χ4n) is 9.12. The second-order valence-electron chi connectivity index (χ2n) is 19.9. The van der Waals surface area contributed by atoms with E-state index in [0.717, 1.165) is 94.4 Å². The molecule has 0 atom stereocenters. The topological polar surface area (TPSA) is 70.0 Å². The van der Waals surface area contributed by atoms with Gasteiger partial charge in [-0.15, -0.1) is 22.1 Å². The van der Waals surface area contributed by atoms with Gasteiger partial charge in [0.1, 0.15) is 0 Å². The van der Waals surface area contributed by atoms with E-state index in [2.05, 4.69) is 178 Å². The number of aliphatic imine (C=N–C) groups is 1. The molecule has 10 rings (SSSR count). The van der Waals surface area contributed by atoms with Crippen LogP contribution in [0.3, 0.4) is 0 Å². The first-order valence-corrected chi connectivity index (χ1v) is 21.6. The zero-order chi connectivity index (χ0) is 43.3. The van der Waals surface area contributed by atoms with Crippen molar-refractivity contribution < 1.29 is 21.3 Å². The Hall–Kier alpha value is -6.36. The summed E-state index contributed by atoms with van der Waals surface area (Å²) in [4.78, 5) is 35.5. The first kappa shape index (κ1) is 42.0. The Morgan fingerprint density at radius 3 is 1.71 bits per heavy atom. The molecule has 0 unspecified atom stereocenters. The smallest absolute Gasteiger partial charge is 0.657 e. The van der Waals surface area contributed by atoms with Crippen LogP contribution in [0.4, 0.5) is 0 Å². The van der Waals surface area contributed by atoms with E-state index < -0.39 is 0 Å². The molecule has 5 nitrogen and oxygen atoms in total. The molecule has 0 N–H and O–H groups in total. The number of carbonyl (C=O) groups is 1. The molecule has 314 valence electrons. The first-order valence-electron chi connectivity index (χ1n) is 21.6. The van der Waals surface area contributed by atoms with Crippen molar-refractivity contribution in [3.63, 3.8) is 0 Å². The van der Waals surface area contributed by atoms with E-state index in [1.165, 1.54) is 16.7 Å². The number of benzene rings is 5. The monoisotopic (exact) mass is 864 g/mol. The molecule has 6 heteroatoms. The van der Waals surface area contributed by atoms with Gasteiger partial charge in [-0.1, -0.05) is 178 Å². The molecule has 0 saturated carbocycles. The molecular formula is C57H50N4NiO. The van der Waals surface area contributed by atoms with Crippen molar-refractivity contribution in [3.8, 4) is 11.1 Å². The van der Waals surface area contributed by atoms with Gasteiger partial charge in [0.25, 0.3) is 0 Å². The maximum atomic E-state index is 13.7. The van der Waals surface area contributed by atoms with E-state index in [9.17, 15) is 4.79 Å². The fraction of sp³-hybridized carbons (Fsp3) is 0.211. The Bertz CT molecular complexity index is 3370. The summed E-state index contributed by atoms with van der Waals surface area (Å²) in [6.07, 6.45) is 5.18. The first-order chi connectivity index (χ1) is 29.6. The van der Waals surface area contributed by atoms with E-state index in [1.54, 1.807) is 0 Å². The quantitative estimate of drug-likeness (QED) is 0.131. The third-order valence-corrected chi connectivity index (χ3v) is 12.6. The number of nitrogens with zero attached hydrogens (tertiary/aromatic N) is 4. The number of hydrogen-bond acceptors (Lipinski definition) is 3. The van der Waals surface area contributed by atoms with E-state index >= 15 is 0 Å². The number of hydrogen-bond donors (Lipinski definition) is 0. The molecule has 5 heterocycles. The molecule has 0 fully saturated rings. The minimum atomic E-state index is -0.117. The minimum absolute atomic E-state index is 0. The summed E-state index contributed by atoms with van der Waals surface area (Å²) in [7, 11) is 0. The Kier molecular flexibility index (Phi) is 10.1. The maximum Gasteiger partial charge on any atom is 2.00 e. The van der Waals surface area contributed by atoms with Gasteiger partial charge in [0.15, 0.2) is 6.29 Å². The van der Waals surface area contributed by atoms with Crippen LogP contribution in [0.2, 0.25) is 0 Å². The average Bonchev–Trinajstić information content (AvgIpc) is 4.07. The van der Waals surface area contributed by atoms with Gasteiger partial charge in [-0.3, -0.25) is 4.79 Å². The number of allylic oxidation sites excluding steroid dienone is 3. The molecule has 0 spiro atoms. The van der Waals surface area contributed by atoms with Crippen molar-refractivity contribution in [1.82, 2.24) is 9.97 Å². The summed E-state index contributed by atoms with van der Waals surface area (Å²) in [5.74, 6) is 0. The molecule has 3 aliphatic heterocycles. The molecule has 63 heavy (non-hydrogen) atoms. The van der Waals surface area contributed by atoms with Crippen LogP contribution in [-0.4, -0.2) is 12.0 Å². The van der Waals surface area contributed by atoms with Crippen molar-refractivity contribution in [2.45, 2.75) is 78.6 Å². The van der Waals surface area contributed by atoms with E-state index in [-0.39, 0.29) is 32.7 Å². The second kappa shape index (κ2) is 15.2. The molecule has 8 bridgehead atoms. The summed E-state index contributed by atoms with van der Waals surface area (Å²) < 4.78 is 0. The van der Waals surface area contributed by atoms with Crippen LogP contribution >= 0.6 is 0 Å². The van der Waals surface area contributed by atoms with Gasteiger partial charge in [0, 0.05) is 11.1 Å². The summed E-state index contributed by atoms with van der Waals surface area (Å²) in [6.45, 7) is 20.1. The fourth-order valence-corrected chi connectivity index (χ4v) is 9.12. The van der Waals surface area contributed by atoms with Crippen molar-refractivity contribution in [2.75, 3.05) is 0 Å². The molecule has 0 amide bonds. The minimum Gasteiger partial charge on any atom is -0.657 e. The Morgan fingerprint density at radius 2 is 1.10 bits per heavy atom. The normalized spacial score (nSPS) is 14.7. The average molecular weight is 866 g/mol. The summed E-state index contributed by atoms with van der Waals surface area (Å²) in [6, 6.07) is 43.0. The molecule has 3 aliphatic rings. The third-order valence-electron chi connectivity index (χ3n) is 12.6. The molecule has 7 aromatic rings. The Labute approximate surface area is 379 Å². The van der Waals surface area contributed by atoms with Gasteiger partial charge < -0.3 is 9.97 Å². The van der Waals surface area contributed by atoms with Gasteiger partial charge in [-0.25, -0.2) is 9.98 Å². The van der Waals surface area contributed by atoms with Crippen LogP contribution in [0.25, 0.3) is 44.3 Å².